The standard InChI is InChI=1S/C12H15ClN2/c1-10-8-12(5-4-11(10)9-13)15(2)7-3-6-14/h4-5,8H,3,7,9H2,1-2H3. The fourth-order valence-corrected chi connectivity index (χ4v) is 1.71. The maximum absolute atomic E-state index is 8.50. The number of anilines is 1. The van der Waals surface area contributed by atoms with Crippen LogP contribution >= 0.6 is 11.6 Å². The summed E-state index contributed by atoms with van der Waals surface area (Å²) in [7, 11) is 1.99. The van der Waals surface area contributed by atoms with Crippen molar-refractivity contribution in [2.75, 3.05) is 18.5 Å². The highest BCUT2D eigenvalue weighted by Crippen LogP contribution is 2.19. The first kappa shape index (κ1) is 11.9. The van der Waals surface area contributed by atoms with E-state index in [4.69, 9.17) is 16.9 Å². The minimum Gasteiger partial charge on any atom is -0.374 e. The van der Waals surface area contributed by atoms with Gasteiger partial charge in [-0.25, -0.2) is 0 Å². The molecule has 2 nitrogen and oxygen atoms in total. The molecular formula is C12H15ClN2. The fourth-order valence-electron chi connectivity index (χ4n) is 1.41. The highest BCUT2D eigenvalue weighted by molar-refractivity contribution is 6.17. The topological polar surface area (TPSA) is 27.0 Å². The lowest BCUT2D eigenvalue weighted by atomic mass is 10.1. The second-order valence-electron chi connectivity index (χ2n) is 3.57. The van der Waals surface area contributed by atoms with E-state index in [2.05, 4.69) is 24.0 Å². The molecule has 0 N–H and O–H groups in total. The Morgan fingerprint density at radius 3 is 2.73 bits per heavy atom. The lowest BCUT2D eigenvalue weighted by Gasteiger charge is -2.18. The Morgan fingerprint density at radius 1 is 1.47 bits per heavy atom. The van der Waals surface area contributed by atoms with Gasteiger partial charge >= 0.3 is 0 Å². The van der Waals surface area contributed by atoms with Crippen molar-refractivity contribution >= 4 is 17.3 Å². The van der Waals surface area contributed by atoms with E-state index >= 15 is 0 Å². The molecule has 0 bridgehead atoms. The summed E-state index contributed by atoms with van der Waals surface area (Å²) in [4.78, 5) is 2.08. The van der Waals surface area contributed by atoms with Crippen LogP contribution in [0.15, 0.2) is 18.2 Å². The molecule has 0 spiro atoms. The van der Waals surface area contributed by atoms with Crippen molar-refractivity contribution < 1.29 is 0 Å². The molecule has 0 fully saturated rings. The van der Waals surface area contributed by atoms with Crippen LogP contribution in [0.5, 0.6) is 0 Å². The third-order valence-corrected chi connectivity index (χ3v) is 2.76. The van der Waals surface area contributed by atoms with Crippen molar-refractivity contribution in [1.82, 2.24) is 0 Å². The van der Waals surface area contributed by atoms with E-state index in [1.165, 1.54) is 5.56 Å². The number of nitrogens with zero attached hydrogens (tertiary/aromatic N) is 2. The van der Waals surface area contributed by atoms with Gasteiger partial charge in [-0.2, -0.15) is 5.26 Å². The number of alkyl halides is 1. The van der Waals surface area contributed by atoms with E-state index in [1.54, 1.807) is 0 Å². The molecule has 0 radical (unpaired) electrons. The summed E-state index contributed by atoms with van der Waals surface area (Å²) in [6, 6.07) is 8.33. The van der Waals surface area contributed by atoms with Crippen LogP contribution in [0.4, 0.5) is 5.69 Å². The molecule has 1 aromatic rings. The minimum absolute atomic E-state index is 0.548. The van der Waals surface area contributed by atoms with Gasteiger partial charge in [-0.3, -0.25) is 0 Å². The van der Waals surface area contributed by atoms with Crippen molar-refractivity contribution in [1.29, 1.82) is 5.26 Å². The summed E-state index contributed by atoms with van der Waals surface area (Å²) in [5.41, 5.74) is 3.50. The molecule has 1 rings (SSSR count). The first-order chi connectivity index (χ1) is 7.19. The van der Waals surface area contributed by atoms with Crippen LogP contribution in [0, 0.1) is 18.3 Å². The van der Waals surface area contributed by atoms with Gasteiger partial charge in [0.2, 0.25) is 0 Å². The molecule has 0 atom stereocenters. The van der Waals surface area contributed by atoms with Gasteiger partial charge in [-0.1, -0.05) is 6.07 Å². The van der Waals surface area contributed by atoms with E-state index in [1.807, 2.05) is 19.2 Å². The smallest absolute Gasteiger partial charge is 0.0640 e. The van der Waals surface area contributed by atoms with Crippen LogP contribution < -0.4 is 4.90 Å². The van der Waals surface area contributed by atoms with Crippen LogP contribution in [-0.4, -0.2) is 13.6 Å². The second kappa shape index (κ2) is 5.63. The Balaban J connectivity index is 2.79. The summed E-state index contributed by atoms with van der Waals surface area (Å²) < 4.78 is 0. The number of aryl methyl sites for hydroxylation is 1. The van der Waals surface area contributed by atoms with Crippen molar-refractivity contribution in [3.05, 3.63) is 29.3 Å². The lowest BCUT2D eigenvalue weighted by Crippen LogP contribution is -2.18. The molecule has 15 heavy (non-hydrogen) atoms. The largest absolute Gasteiger partial charge is 0.374 e. The predicted octanol–water partition coefficient (Wildman–Crippen LogP) is 3.08. The van der Waals surface area contributed by atoms with Crippen LogP contribution in [0.25, 0.3) is 0 Å². The summed E-state index contributed by atoms with van der Waals surface area (Å²) in [6.07, 6.45) is 0.548. The first-order valence-corrected chi connectivity index (χ1v) is 5.46. The Hall–Kier alpha value is -1.20. The van der Waals surface area contributed by atoms with E-state index in [9.17, 15) is 0 Å². The predicted molar refractivity (Wildman–Crippen MR) is 64.2 cm³/mol. The van der Waals surface area contributed by atoms with Crippen molar-refractivity contribution in [2.45, 2.75) is 19.2 Å². The zero-order chi connectivity index (χ0) is 11.3. The Labute approximate surface area is 96.1 Å². The second-order valence-corrected chi connectivity index (χ2v) is 3.84. The number of halogens is 1. The van der Waals surface area contributed by atoms with Gasteiger partial charge in [-0.05, 0) is 30.2 Å². The van der Waals surface area contributed by atoms with E-state index in [0.29, 0.717) is 12.3 Å². The molecular weight excluding hydrogens is 208 g/mol. The van der Waals surface area contributed by atoms with Crippen LogP contribution in [-0.2, 0) is 5.88 Å². The van der Waals surface area contributed by atoms with Gasteiger partial charge in [0.15, 0.2) is 0 Å². The van der Waals surface area contributed by atoms with Crippen LogP contribution in [0.2, 0.25) is 0 Å². The quantitative estimate of drug-likeness (QED) is 0.733. The van der Waals surface area contributed by atoms with Crippen LogP contribution in [0.3, 0.4) is 0 Å². The zero-order valence-electron chi connectivity index (χ0n) is 9.13. The van der Waals surface area contributed by atoms with E-state index < -0.39 is 0 Å². The number of hydrogen-bond acceptors (Lipinski definition) is 2. The zero-order valence-corrected chi connectivity index (χ0v) is 9.88. The lowest BCUT2D eigenvalue weighted by molar-refractivity contribution is 0.904. The third kappa shape index (κ3) is 3.14. The Morgan fingerprint density at radius 2 is 2.20 bits per heavy atom. The summed E-state index contributed by atoms with van der Waals surface area (Å²) >= 11 is 5.79. The van der Waals surface area contributed by atoms with Gasteiger partial charge in [-0.15, -0.1) is 11.6 Å². The third-order valence-electron chi connectivity index (χ3n) is 2.47. The van der Waals surface area contributed by atoms with Gasteiger partial charge in [0, 0.05) is 25.2 Å². The minimum atomic E-state index is 0.548. The normalized spacial score (nSPS) is 9.73. The average Bonchev–Trinajstić information content (AvgIpc) is 2.25. The Kier molecular flexibility index (Phi) is 4.45. The average molecular weight is 223 g/mol. The maximum atomic E-state index is 8.50. The highest BCUT2D eigenvalue weighted by atomic mass is 35.5. The van der Waals surface area contributed by atoms with Crippen molar-refractivity contribution in [3.8, 4) is 6.07 Å². The van der Waals surface area contributed by atoms with E-state index in [-0.39, 0.29) is 0 Å². The molecule has 0 heterocycles. The molecule has 0 aliphatic carbocycles. The number of benzene rings is 1. The van der Waals surface area contributed by atoms with Gasteiger partial charge in [0.25, 0.3) is 0 Å². The molecule has 0 saturated heterocycles. The molecule has 0 aromatic heterocycles. The van der Waals surface area contributed by atoms with E-state index in [0.717, 1.165) is 17.8 Å². The molecule has 0 aliphatic heterocycles. The molecule has 1 aromatic carbocycles. The van der Waals surface area contributed by atoms with Crippen molar-refractivity contribution in [3.63, 3.8) is 0 Å². The fraction of sp³-hybridized carbons (Fsp3) is 0.417. The number of rotatable bonds is 4. The summed E-state index contributed by atoms with van der Waals surface area (Å²) in [5, 5.41) is 8.50. The first-order valence-electron chi connectivity index (χ1n) is 4.92. The van der Waals surface area contributed by atoms with Crippen LogP contribution in [0.1, 0.15) is 17.5 Å². The molecule has 0 unspecified atom stereocenters. The number of nitriles is 1. The summed E-state index contributed by atoms with van der Waals surface area (Å²) in [5.74, 6) is 0.550. The maximum Gasteiger partial charge on any atom is 0.0640 e. The SMILES string of the molecule is Cc1cc(N(C)CCC#N)ccc1CCl. The van der Waals surface area contributed by atoms with Gasteiger partial charge in [0.05, 0.1) is 12.5 Å². The number of hydrogen-bond donors (Lipinski definition) is 0. The molecule has 0 aliphatic rings. The Bertz CT molecular complexity index is 368. The van der Waals surface area contributed by atoms with Crippen molar-refractivity contribution in [2.24, 2.45) is 0 Å². The molecule has 0 amide bonds. The highest BCUT2D eigenvalue weighted by Gasteiger charge is 2.03. The molecule has 0 saturated carbocycles. The molecule has 80 valence electrons. The summed E-state index contributed by atoms with van der Waals surface area (Å²) in [6.45, 7) is 2.81. The van der Waals surface area contributed by atoms with Gasteiger partial charge < -0.3 is 4.90 Å². The van der Waals surface area contributed by atoms with Gasteiger partial charge in [0.1, 0.15) is 0 Å². The monoisotopic (exact) mass is 222 g/mol. The molecule has 3 heteroatoms.